The van der Waals surface area contributed by atoms with Gasteiger partial charge in [0.25, 0.3) is 0 Å². The fourth-order valence-corrected chi connectivity index (χ4v) is 2.36. The van der Waals surface area contributed by atoms with Crippen LogP contribution in [0.2, 0.25) is 6.04 Å². The summed E-state index contributed by atoms with van der Waals surface area (Å²) in [6.45, 7) is 8.57. The molecule has 0 aliphatic heterocycles. The Kier molecular flexibility index (Phi) is 18.4. The van der Waals surface area contributed by atoms with E-state index in [1.54, 1.807) is 14.2 Å². The summed E-state index contributed by atoms with van der Waals surface area (Å²) in [7, 11) is 2.25. The van der Waals surface area contributed by atoms with E-state index in [0.29, 0.717) is 0 Å². The van der Waals surface area contributed by atoms with Gasteiger partial charge in [0, 0.05) is 14.2 Å². The van der Waals surface area contributed by atoms with Gasteiger partial charge in [0.2, 0.25) is 0 Å². The van der Waals surface area contributed by atoms with Crippen molar-refractivity contribution in [3.8, 4) is 0 Å². The van der Waals surface area contributed by atoms with Gasteiger partial charge < -0.3 is 14.2 Å². The number of hydrogen-bond donors (Lipinski definition) is 1. The van der Waals surface area contributed by atoms with Crippen molar-refractivity contribution < 1.29 is 8.85 Å². The van der Waals surface area contributed by atoms with Crippen molar-refractivity contribution in [2.45, 2.75) is 39.7 Å². The normalized spacial score (nSPS) is 9.86. The van der Waals surface area contributed by atoms with Gasteiger partial charge in [0.15, 0.2) is 0 Å². The molecule has 0 aromatic carbocycles. The third-order valence-corrected chi connectivity index (χ3v) is 3.75. The van der Waals surface area contributed by atoms with Crippen LogP contribution < -0.4 is 5.32 Å². The molecule has 0 unspecified atom stereocenters. The van der Waals surface area contributed by atoms with E-state index < -0.39 is 9.28 Å². The highest BCUT2D eigenvalue weighted by atomic mass is 28.3. The van der Waals surface area contributed by atoms with E-state index in [2.05, 4.69) is 26.1 Å². The summed E-state index contributed by atoms with van der Waals surface area (Å²) in [4.78, 5) is 0. The molecule has 0 aliphatic carbocycles. The summed E-state index contributed by atoms with van der Waals surface area (Å²) < 4.78 is 10.2. The lowest BCUT2D eigenvalue weighted by molar-refractivity contribution is 0.276. The Labute approximate surface area is 91.0 Å². The zero-order chi connectivity index (χ0) is 11.2. The second kappa shape index (κ2) is 15.6. The summed E-state index contributed by atoms with van der Waals surface area (Å²) >= 11 is 0. The molecule has 0 fully saturated rings. The van der Waals surface area contributed by atoms with Crippen LogP contribution in [0.15, 0.2) is 0 Å². The van der Waals surface area contributed by atoms with Crippen molar-refractivity contribution in [3.63, 3.8) is 0 Å². The molecule has 0 rings (SSSR count). The number of nitrogens with one attached hydrogen (secondary N) is 1. The number of rotatable bonds is 7. The predicted molar refractivity (Wildman–Crippen MR) is 65.1 cm³/mol. The molecular weight excluding hydrogens is 194 g/mol. The monoisotopic (exact) mass is 221 g/mol. The maximum atomic E-state index is 5.12. The third-order valence-electron chi connectivity index (χ3n) is 1.82. The second-order valence-corrected chi connectivity index (χ2v) is 5.38. The lowest BCUT2D eigenvalue weighted by atomic mass is 10.4. The molecular formula is C10H27NO2Si. The van der Waals surface area contributed by atoms with Gasteiger partial charge in [-0.25, -0.2) is 0 Å². The van der Waals surface area contributed by atoms with Crippen LogP contribution in [-0.2, 0) is 8.85 Å². The molecule has 0 spiro atoms. The van der Waals surface area contributed by atoms with Crippen LogP contribution in [0.1, 0.15) is 33.6 Å². The molecule has 0 aromatic rings. The van der Waals surface area contributed by atoms with Gasteiger partial charge in [-0.3, -0.25) is 0 Å². The van der Waals surface area contributed by atoms with Gasteiger partial charge in [-0.05, 0) is 19.1 Å². The highest BCUT2D eigenvalue weighted by Gasteiger charge is 2.06. The van der Waals surface area contributed by atoms with Gasteiger partial charge in [-0.1, -0.05) is 33.6 Å². The van der Waals surface area contributed by atoms with Crippen LogP contribution in [0, 0.1) is 0 Å². The van der Waals surface area contributed by atoms with E-state index in [1.165, 1.54) is 12.8 Å². The Morgan fingerprint density at radius 3 is 1.71 bits per heavy atom. The zero-order valence-electron chi connectivity index (χ0n) is 10.4. The number of hydrogen-bond acceptors (Lipinski definition) is 3. The highest BCUT2D eigenvalue weighted by molar-refractivity contribution is 6.44. The van der Waals surface area contributed by atoms with Crippen molar-refractivity contribution in [2.75, 3.05) is 27.3 Å². The summed E-state index contributed by atoms with van der Waals surface area (Å²) in [5.41, 5.74) is 0. The van der Waals surface area contributed by atoms with Crippen molar-refractivity contribution in [1.82, 2.24) is 5.32 Å². The maximum absolute atomic E-state index is 5.12. The molecule has 0 saturated heterocycles. The van der Waals surface area contributed by atoms with Crippen LogP contribution in [-0.4, -0.2) is 36.6 Å². The first-order valence-electron chi connectivity index (χ1n) is 5.52. The fourth-order valence-electron chi connectivity index (χ4n) is 0.953. The topological polar surface area (TPSA) is 30.5 Å². The van der Waals surface area contributed by atoms with E-state index in [1.807, 2.05) is 0 Å². The molecule has 14 heavy (non-hydrogen) atoms. The van der Waals surface area contributed by atoms with Gasteiger partial charge >= 0.3 is 9.28 Å². The number of unbranched alkanes of at least 4 members (excludes halogenated alkanes) is 1. The zero-order valence-corrected chi connectivity index (χ0v) is 11.6. The molecule has 0 aliphatic rings. The molecule has 0 heterocycles. The van der Waals surface area contributed by atoms with Crippen molar-refractivity contribution in [1.29, 1.82) is 0 Å². The SMILES string of the molecule is CCCC[SiH](OC)OC.CCNCC. The van der Waals surface area contributed by atoms with Crippen molar-refractivity contribution in [2.24, 2.45) is 0 Å². The Morgan fingerprint density at radius 2 is 1.50 bits per heavy atom. The summed E-state index contributed by atoms with van der Waals surface area (Å²) in [6, 6.07) is 1.14. The Balaban J connectivity index is 0. The first-order chi connectivity index (χ1) is 6.76. The maximum Gasteiger partial charge on any atom is 0.320 e. The van der Waals surface area contributed by atoms with Crippen LogP contribution in [0.25, 0.3) is 0 Å². The van der Waals surface area contributed by atoms with Crippen molar-refractivity contribution in [3.05, 3.63) is 0 Å². The molecule has 1 N–H and O–H groups in total. The molecule has 0 bridgehead atoms. The van der Waals surface area contributed by atoms with Crippen molar-refractivity contribution >= 4 is 9.28 Å². The second-order valence-electron chi connectivity index (χ2n) is 3.00. The average molecular weight is 221 g/mol. The smallest absolute Gasteiger partial charge is 0.320 e. The largest absolute Gasteiger partial charge is 0.400 e. The quantitative estimate of drug-likeness (QED) is 0.666. The summed E-state index contributed by atoms with van der Waals surface area (Å²) in [5.74, 6) is 0. The van der Waals surface area contributed by atoms with Crippen LogP contribution >= 0.6 is 0 Å². The summed E-state index contributed by atoms with van der Waals surface area (Å²) in [6.07, 6.45) is 2.47. The minimum absolute atomic E-state index is 1.09. The lowest BCUT2D eigenvalue weighted by Crippen LogP contribution is -2.18. The Morgan fingerprint density at radius 1 is 1.00 bits per heavy atom. The molecule has 3 nitrogen and oxygen atoms in total. The van der Waals surface area contributed by atoms with Crippen LogP contribution in [0.4, 0.5) is 0 Å². The van der Waals surface area contributed by atoms with Gasteiger partial charge in [0.05, 0.1) is 0 Å². The van der Waals surface area contributed by atoms with Gasteiger partial charge in [-0.15, -0.1) is 0 Å². The molecule has 0 radical (unpaired) electrons. The van der Waals surface area contributed by atoms with Gasteiger partial charge in [0.1, 0.15) is 0 Å². The van der Waals surface area contributed by atoms with E-state index in [0.717, 1.165) is 19.1 Å². The van der Waals surface area contributed by atoms with E-state index in [-0.39, 0.29) is 0 Å². The molecule has 88 valence electrons. The highest BCUT2D eigenvalue weighted by Crippen LogP contribution is 2.01. The molecule has 0 amide bonds. The van der Waals surface area contributed by atoms with Gasteiger partial charge in [-0.2, -0.15) is 0 Å². The molecule has 0 aromatic heterocycles. The first kappa shape index (κ1) is 16.5. The van der Waals surface area contributed by atoms with Crippen LogP contribution in [0.5, 0.6) is 0 Å². The Bertz CT molecular complexity index is 88.2. The first-order valence-corrected chi connectivity index (χ1v) is 7.28. The minimum Gasteiger partial charge on any atom is -0.400 e. The molecule has 0 atom stereocenters. The lowest BCUT2D eigenvalue weighted by Gasteiger charge is -2.08. The van der Waals surface area contributed by atoms with E-state index >= 15 is 0 Å². The third kappa shape index (κ3) is 14.6. The Hall–Kier alpha value is 0.0969. The fraction of sp³-hybridized carbons (Fsp3) is 1.00. The average Bonchev–Trinajstić information content (AvgIpc) is 2.22. The van der Waals surface area contributed by atoms with E-state index in [9.17, 15) is 0 Å². The minimum atomic E-state index is -1.21. The van der Waals surface area contributed by atoms with E-state index in [4.69, 9.17) is 8.85 Å². The predicted octanol–water partition coefficient (Wildman–Crippen LogP) is 1.92. The van der Waals surface area contributed by atoms with Crippen LogP contribution in [0.3, 0.4) is 0 Å². The summed E-state index contributed by atoms with van der Waals surface area (Å²) in [5, 5.41) is 3.11. The molecule has 0 saturated carbocycles. The standard InChI is InChI=1S/C6H16O2Si.C4H11N/c1-4-5-6-9(7-2)8-3;1-3-5-4-2/h9H,4-6H2,1-3H3;5H,3-4H2,1-2H3. The molecule has 4 heteroatoms.